The second kappa shape index (κ2) is 6.83. The summed E-state index contributed by atoms with van der Waals surface area (Å²) in [6, 6.07) is 7.30. The highest BCUT2D eigenvalue weighted by Gasteiger charge is 2.26. The van der Waals surface area contributed by atoms with Crippen LogP contribution in [-0.4, -0.2) is 41.1 Å². The molecule has 5 heteroatoms. The van der Waals surface area contributed by atoms with E-state index >= 15 is 0 Å². The van der Waals surface area contributed by atoms with Gasteiger partial charge in [0.1, 0.15) is 0 Å². The van der Waals surface area contributed by atoms with Crippen LogP contribution >= 0.6 is 0 Å². The zero-order chi connectivity index (χ0) is 14.5. The molecule has 1 aliphatic rings. The van der Waals surface area contributed by atoms with Crippen LogP contribution in [0.5, 0.6) is 0 Å². The van der Waals surface area contributed by atoms with Crippen molar-refractivity contribution >= 4 is 11.6 Å². The van der Waals surface area contributed by atoms with Crippen LogP contribution in [0.4, 0.5) is 5.69 Å². The number of carbonyl (C=O) groups is 1. The molecule has 2 atom stereocenters. The Labute approximate surface area is 119 Å². The number of amides is 1. The van der Waals surface area contributed by atoms with Gasteiger partial charge in [0.15, 0.2) is 0 Å². The number of anilines is 1. The maximum absolute atomic E-state index is 12.2. The molecule has 1 aromatic rings. The average molecular weight is 277 g/mol. The summed E-state index contributed by atoms with van der Waals surface area (Å²) in [4.78, 5) is 14.2. The first-order valence-corrected chi connectivity index (χ1v) is 7.12. The summed E-state index contributed by atoms with van der Waals surface area (Å²) in [6.07, 6.45) is 1.44. The number of nitrogens with zero attached hydrogens (tertiary/aromatic N) is 1. The number of hydrogen-bond donors (Lipinski definition) is 3. The summed E-state index contributed by atoms with van der Waals surface area (Å²) in [5.41, 5.74) is 7.35. The van der Waals surface area contributed by atoms with Gasteiger partial charge >= 0.3 is 0 Å². The van der Waals surface area contributed by atoms with Crippen molar-refractivity contribution in [3.63, 3.8) is 0 Å². The predicted octanol–water partition coefficient (Wildman–Crippen LogP) is 0.929. The smallest absolute Gasteiger partial charge is 0.241 e. The monoisotopic (exact) mass is 277 g/mol. The molecule has 0 spiro atoms. The summed E-state index contributed by atoms with van der Waals surface area (Å²) in [5, 5.41) is 12.6. The normalized spacial score (nSPS) is 21.4. The molecule has 2 unspecified atom stereocenters. The van der Waals surface area contributed by atoms with E-state index in [1.54, 1.807) is 0 Å². The van der Waals surface area contributed by atoms with Crippen LogP contribution in [0.3, 0.4) is 0 Å². The lowest BCUT2D eigenvalue weighted by Crippen LogP contribution is -2.48. The second-order valence-electron chi connectivity index (χ2n) is 5.36. The van der Waals surface area contributed by atoms with E-state index in [-0.39, 0.29) is 18.1 Å². The largest absolute Gasteiger partial charge is 0.392 e. The average Bonchev–Trinajstić information content (AvgIpc) is 2.47. The molecule has 2 rings (SSSR count). The third-order valence-electron chi connectivity index (χ3n) is 3.81. The first kappa shape index (κ1) is 15.0. The molecule has 1 heterocycles. The van der Waals surface area contributed by atoms with Crippen LogP contribution in [0.15, 0.2) is 24.3 Å². The first-order valence-electron chi connectivity index (χ1n) is 7.12. The zero-order valence-electron chi connectivity index (χ0n) is 11.9. The van der Waals surface area contributed by atoms with Gasteiger partial charge in [0.2, 0.25) is 5.91 Å². The molecular weight excluding hydrogens is 254 g/mol. The van der Waals surface area contributed by atoms with E-state index < -0.39 is 0 Å². The van der Waals surface area contributed by atoms with Crippen molar-refractivity contribution in [3.05, 3.63) is 29.8 Å². The Morgan fingerprint density at radius 1 is 1.50 bits per heavy atom. The molecule has 1 fully saturated rings. The number of hydrogen-bond acceptors (Lipinski definition) is 4. The number of β-amino-alcohol motifs (C(OH)–C–C–N with tert-alkyl or cyclic N) is 1. The number of aliphatic hydroxyl groups is 1. The maximum atomic E-state index is 12.2. The van der Waals surface area contributed by atoms with Gasteiger partial charge in [-0.3, -0.25) is 9.69 Å². The van der Waals surface area contributed by atoms with Crippen LogP contribution in [0.25, 0.3) is 0 Å². The summed E-state index contributed by atoms with van der Waals surface area (Å²) < 4.78 is 0. The molecule has 5 nitrogen and oxygen atoms in total. The fourth-order valence-electron chi connectivity index (χ4n) is 2.47. The SMILES string of the molecule is CC(C(=O)Nc1ccc(CN)cc1)N1CCCC(O)C1. The molecule has 0 aromatic heterocycles. The highest BCUT2D eigenvalue weighted by Crippen LogP contribution is 2.15. The minimum absolute atomic E-state index is 0.0420. The molecule has 1 saturated heterocycles. The molecular formula is C15H23N3O2. The van der Waals surface area contributed by atoms with Crippen LogP contribution in [0.2, 0.25) is 0 Å². The van der Waals surface area contributed by atoms with Crippen molar-refractivity contribution < 1.29 is 9.90 Å². The Bertz CT molecular complexity index is 447. The lowest BCUT2D eigenvalue weighted by Gasteiger charge is -2.33. The zero-order valence-corrected chi connectivity index (χ0v) is 11.9. The molecule has 4 N–H and O–H groups in total. The van der Waals surface area contributed by atoms with Crippen molar-refractivity contribution in [1.29, 1.82) is 0 Å². The third-order valence-corrected chi connectivity index (χ3v) is 3.81. The fraction of sp³-hybridized carbons (Fsp3) is 0.533. The standard InChI is InChI=1S/C15H23N3O2/c1-11(18-8-2-3-14(19)10-18)15(20)17-13-6-4-12(9-16)5-7-13/h4-7,11,14,19H,2-3,8-10,16H2,1H3,(H,17,20). The lowest BCUT2D eigenvalue weighted by molar-refractivity contribution is -0.121. The van der Waals surface area contributed by atoms with Gasteiger partial charge < -0.3 is 16.2 Å². The van der Waals surface area contributed by atoms with Crippen LogP contribution in [0.1, 0.15) is 25.3 Å². The second-order valence-corrected chi connectivity index (χ2v) is 5.36. The van der Waals surface area contributed by atoms with Gasteiger partial charge in [-0.05, 0) is 44.0 Å². The van der Waals surface area contributed by atoms with Gasteiger partial charge in [0.05, 0.1) is 12.1 Å². The Hall–Kier alpha value is -1.43. The molecule has 0 saturated carbocycles. The highest BCUT2D eigenvalue weighted by atomic mass is 16.3. The van der Waals surface area contributed by atoms with E-state index in [4.69, 9.17) is 5.73 Å². The predicted molar refractivity (Wildman–Crippen MR) is 79.2 cm³/mol. The van der Waals surface area contributed by atoms with Gasteiger partial charge in [-0.1, -0.05) is 12.1 Å². The quantitative estimate of drug-likeness (QED) is 0.765. The topological polar surface area (TPSA) is 78.6 Å². The molecule has 0 bridgehead atoms. The highest BCUT2D eigenvalue weighted by molar-refractivity contribution is 5.94. The number of carbonyl (C=O) groups excluding carboxylic acids is 1. The Morgan fingerprint density at radius 2 is 2.20 bits per heavy atom. The van der Waals surface area contributed by atoms with E-state index in [1.807, 2.05) is 36.1 Å². The Balaban J connectivity index is 1.92. The van der Waals surface area contributed by atoms with E-state index in [1.165, 1.54) is 0 Å². The molecule has 20 heavy (non-hydrogen) atoms. The van der Waals surface area contributed by atoms with Crippen LogP contribution in [-0.2, 0) is 11.3 Å². The Kier molecular flexibility index (Phi) is 5.11. The number of nitrogens with two attached hydrogens (primary N) is 1. The van der Waals surface area contributed by atoms with E-state index in [0.717, 1.165) is 30.6 Å². The van der Waals surface area contributed by atoms with Crippen molar-refractivity contribution in [2.45, 2.75) is 38.5 Å². The maximum Gasteiger partial charge on any atom is 0.241 e. The molecule has 0 aliphatic carbocycles. The van der Waals surface area contributed by atoms with Crippen molar-refractivity contribution in [2.24, 2.45) is 5.73 Å². The van der Waals surface area contributed by atoms with Gasteiger partial charge in [-0.2, -0.15) is 0 Å². The number of rotatable bonds is 4. The van der Waals surface area contributed by atoms with Gasteiger partial charge in [0, 0.05) is 18.8 Å². The van der Waals surface area contributed by atoms with Crippen LogP contribution < -0.4 is 11.1 Å². The number of nitrogens with one attached hydrogen (secondary N) is 1. The molecule has 110 valence electrons. The van der Waals surface area contributed by atoms with E-state index in [0.29, 0.717) is 13.1 Å². The molecule has 1 aromatic carbocycles. The molecule has 1 amide bonds. The number of piperidine rings is 1. The van der Waals surface area contributed by atoms with Gasteiger partial charge in [-0.15, -0.1) is 0 Å². The summed E-state index contributed by atoms with van der Waals surface area (Å²) in [7, 11) is 0. The van der Waals surface area contributed by atoms with E-state index in [2.05, 4.69) is 5.32 Å². The number of benzene rings is 1. The van der Waals surface area contributed by atoms with E-state index in [9.17, 15) is 9.90 Å². The summed E-state index contributed by atoms with van der Waals surface area (Å²) >= 11 is 0. The van der Waals surface area contributed by atoms with Crippen molar-refractivity contribution in [2.75, 3.05) is 18.4 Å². The van der Waals surface area contributed by atoms with Crippen molar-refractivity contribution in [1.82, 2.24) is 4.90 Å². The lowest BCUT2D eigenvalue weighted by atomic mass is 10.1. The Morgan fingerprint density at radius 3 is 2.80 bits per heavy atom. The van der Waals surface area contributed by atoms with Gasteiger partial charge in [0.25, 0.3) is 0 Å². The summed E-state index contributed by atoms with van der Waals surface area (Å²) in [5.74, 6) is -0.0420. The minimum Gasteiger partial charge on any atom is -0.392 e. The number of likely N-dealkylation sites (tertiary alicyclic amines) is 1. The minimum atomic E-state index is -0.317. The number of aliphatic hydroxyl groups excluding tert-OH is 1. The molecule has 0 radical (unpaired) electrons. The molecule has 1 aliphatic heterocycles. The summed E-state index contributed by atoms with van der Waals surface area (Å²) in [6.45, 7) is 3.80. The van der Waals surface area contributed by atoms with Crippen molar-refractivity contribution in [3.8, 4) is 0 Å². The van der Waals surface area contributed by atoms with Crippen LogP contribution in [0, 0.1) is 0 Å². The fourth-order valence-corrected chi connectivity index (χ4v) is 2.47. The third kappa shape index (κ3) is 3.79. The van der Waals surface area contributed by atoms with Gasteiger partial charge in [-0.25, -0.2) is 0 Å². The first-order chi connectivity index (χ1) is 9.60.